The van der Waals surface area contributed by atoms with Gasteiger partial charge in [-0.05, 0) is 19.4 Å². The first-order valence-corrected chi connectivity index (χ1v) is 6.67. The molecule has 0 amide bonds. The van der Waals surface area contributed by atoms with Crippen molar-refractivity contribution in [2.24, 2.45) is 5.73 Å². The van der Waals surface area contributed by atoms with Crippen molar-refractivity contribution in [2.75, 3.05) is 6.61 Å². The molecule has 1 atom stereocenters. The molecule has 0 fully saturated rings. The largest absolute Gasteiger partial charge is 0.491 e. The van der Waals surface area contributed by atoms with Gasteiger partial charge < -0.3 is 15.0 Å². The molecule has 4 nitrogen and oxygen atoms in total. The van der Waals surface area contributed by atoms with Gasteiger partial charge in [-0.15, -0.1) is 0 Å². The zero-order chi connectivity index (χ0) is 13.7. The molecule has 0 aliphatic rings. The molecule has 2 rings (SSSR count). The molecule has 0 unspecified atom stereocenters. The molecule has 2 N–H and O–H groups in total. The zero-order valence-electron chi connectivity index (χ0n) is 11.5. The Morgan fingerprint density at radius 1 is 1.37 bits per heavy atom. The van der Waals surface area contributed by atoms with Gasteiger partial charge in [0.2, 0.25) is 0 Å². The number of nitrogens with two attached hydrogens (primary N) is 1. The summed E-state index contributed by atoms with van der Waals surface area (Å²) in [6.07, 6.45) is 4.67. The Morgan fingerprint density at radius 2 is 2.16 bits per heavy atom. The molecule has 19 heavy (non-hydrogen) atoms. The van der Waals surface area contributed by atoms with Crippen molar-refractivity contribution in [1.29, 1.82) is 0 Å². The lowest BCUT2D eigenvalue weighted by Crippen LogP contribution is -2.13. The Kier molecular flexibility index (Phi) is 4.58. The third-order valence-electron chi connectivity index (χ3n) is 3.27. The van der Waals surface area contributed by atoms with Crippen LogP contribution in [0.15, 0.2) is 36.7 Å². The van der Waals surface area contributed by atoms with Crippen molar-refractivity contribution in [3.63, 3.8) is 0 Å². The maximum atomic E-state index is 6.09. The van der Waals surface area contributed by atoms with E-state index < -0.39 is 0 Å². The molecule has 0 aliphatic carbocycles. The normalized spacial score (nSPS) is 12.4. The minimum Gasteiger partial charge on any atom is -0.491 e. The van der Waals surface area contributed by atoms with Gasteiger partial charge in [0.05, 0.1) is 6.54 Å². The van der Waals surface area contributed by atoms with Gasteiger partial charge in [0, 0.05) is 24.0 Å². The van der Waals surface area contributed by atoms with E-state index in [9.17, 15) is 0 Å². The third kappa shape index (κ3) is 3.35. The average molecular weight is 259 g/mol. The van der Waals surface area contributed by atoms with Gasteiger partial charge in [-0.2, -0.15) is 0 Å². The molecule has 1 aromatic carbocycles. The lowest BCUT2D eigenvalue weighted by molar-refractivity contribution is 0.292. The van der Waals surface area contributed by atoms with Crippen LogP contribution in [-0.4, -0.2) is 16.2 Å². The number of aryl methyl sites for hydroxylation is 1. The number of imidazole rings is 1. The smallest absolute Gasteiger partial charge is 0.124 e. The number of ether oxygens (including phenoxy) is 1. The fraction of sp³-hybridized carbons (Fsp3) is 0.400. The molecule has 4 heteroatoms. The minimum atomic E-state index is 0.0335. The van der Waals surface area contributed by atoms with Crippen LogP contribution < -0.4 is 10.5 Å². The van der Waals surface area contributed by atoms with Gasteiger partial charge in [-0.25, -0.2) is 4.98 Å². The minimum absolute atomic E-state index is 0.0335. The van der Waals surface area contributed by atoms with Gasteiger partial charge in [0.15, 0.2) is 0 Å². The van der Waals surface area contributed by atoms with E-state index in [2.05, 4.69) is 16.5 Å². The summed E-state index contributed by atoms with van der Waals surface area (Å²) in [7, 11) is 0. The van der Waals surface area contributed by atoms with Gasteiger partial charge in [0.1, 0.15) is 18.2 Å². The first-order valence-electron chi connectivity index (χ1n) is 6.67. The second kappa shape index (κ2) is 6.38. The van der Waals surface area contributed by atoms with E-state index in [1.807, 2.05) is 37.4 Å². The number of hydrogen-bond acceptors (Lipinski definition) is 3. The van der Waals surface area contributed by atoms with Crippen LogP contribution in [0.3, 0.4) is 0 Å². The molecule has 0 saturated carbocycles. The van der Waals surface area contributed by atoms with Crippen LogP contribution in [0, 0.1) is 6.92 Å². The van der Waals surface area contributed by atoms with E-state index >= 15 is 0 Å². The molecule has 102 valence electrons. The Bertz CT molecular complexity index is 522. The molecule has 0 saturated heterocycles. The fourth-order valence-electron chi connectivity index (χ4n) is 2.03. The highest BCUT2D eigenvalue weighted by Gasteiger charge is 2.09. The Morgan fingerprint density at radius 3 is 2.84 bits per heavy atom. The van der Waals surface area contributed by atoms with Crippen LogP contribution in [-0.2, 0) is 6.54 Å². The predicted molar refractivity (Wildman–Crippen MR) is 76.1 cm³/mol. The maximum Gasteiger partial charge on any atom is 0.124 e. The maximum absolute atomic E-state index is 6.09. The molecule has 0 bridgehead atoms. The topological polar surface area (TPSA) is 53.1 Å². The molecule has 1 heterocycles. The summed E-state index contributed by atoms with van der Waals surface area (Å²) in [5, 5.41) is 0. The number of aromatic nitrogens is 2. The summed E-state index contributed by atoms with van der Waals surface area (Å²) < 4.78 is 7.93. The van der Waals surface area contributed by atoms with Crippen molar-refractivity contribution >= 4 is 0 Å². The molecule has 0 radical (unpaired) electrons. The second-order valence-corrected chi connectivity index (χ2v) is 4.57. The van der Waals surface area contributed by atoms with Crippen LogP contribution in [0.5, 0.6) is 5.75 Å². The highest BCUT2D eigenvalue weighted by Crippen LogP contribution is 2.25. The van der Waals surface area contributed by atoms with Crippen molar-refractivity contribution in [3.8, 4) is 5.75 Å². The standard InChI is InChI=1S/C15H21N3O/c1-3-14(16)13-6-4-5-7-15(13)19-11-10-18-9-8-17-12(18)2/h4-9,14H,3,10-11,16H2,1-2H3/t14-/m0/s1. The first-order chi connectivity index (χ1) is 9.22. The van der Waals surface area contributed by atoms with Crippen LogP contribution in [0.25, 0.3) is 0 Å². The molecule has 0 aliphatic heterocycles. The van der Waals surface area contributed by atoms with E-state index in [1.54, 1.807) is 6.20 Å². The van der Waals surface area contributed by atoms with E-state index in [0.717, 1.165) is 30.1 Å². The van der Waals surface area contributed by atoms with Gasteiger partial charge in [0.25, 0.3) is 0 Å². The quantitative estimate of drug-likeness (QED) is 0.867. The van der Waals surface area contributed by atoms with Crippen LogP contribution in [0.1, 0.15) is 30.8 Å². The number of rotatable bonds is 6. The summed E-state index contributed by atoms with van der Waals surface area (Å²) in [4.78, 5) is 4.19. The lowest BCUT2D eigenvalue weighted by atomic mass is 10.0. The van der Waals surface area contributed by atoms with E-state index in [1.165, 1.54) is 0 Å². The number of hydrogen-bond donors (Lipinski definition) is 1. The summed E-state index contributed by atoms with van der Waals surface area (Å²) in [6, 6.07) is 8.02. The molecule has 1 aromatic heterocycles. The summed E-state index contributed by atoms with van der Waals surface area (Å²) in [5.74, 6) is 1.89. The highest BCUT2D eigenvalue weighted by atomic mass is 16.5. The van der Waals surface area contributed by atoms with Gasteiger partial charge in [-0.3, -0.25) is 0 Å². The summed E-state index contributed by atoms with van der Waals surface area (Å²) in [6.45, 7) is 5.48. The molecular weight excluding hydrogens is 238 g/mol. The van der Waals surface area contributed by atoms with Gasteiger partial charge in [-0.1, -0.05) is 25.1 Å². The van der Waals surface area contributed by atoms with E-state index in [4.69, 9.17) is 10.5 Å². The number of para-hydroxylation sites is 1. The Hall–Kier alpha value is -1.81. The monoisotopic (exact) mass is 259 g/mol. The zero-order valence-corrected chi connectivity index (χ0v) is 11.5. The fourth-order valence-corrected chi connectivity index (χ4v) is 2.03. The Labute approximate surface area is 114 Å². The van der Waals surface area contributed by atoms with Crippen molar-refractivity contribution in [1.82, 2.24) is 9.55 Å². The van der Waals surface area contributed by atoms with Crippen molar-refractivity contribution in [2.45, 2.75) is 32.9 Å². The lowest BCUT2D eigenvalue weighted by Gasteiger charge is -2.16. The van der Waals surface area contributed by atoms with Crippen LogP contribution >= 0.6 is 0 Å². The number of nitrogens with zero attached hydrogens (tertiary/aromatic N) is 2. The van der Waals surface area contributed by atoms with Crippen molar-refractivity contribution < 1.29 is 4.74 Å². The van der Waals surface area contributed by atoms with Crippen LogP contribution in [0.4, 0.5) is 0 Å². The summed E-state index contributed by atoms with van der Waals surface area (Å²) >= 11 is 0. The van der Waals surface area contributed by atoms with E-state index in [-0.39, 0.29) is 6.04 Å². The second-order valence-electron chi connectivity index (χ2n) is 4.57. The molecule has 0 spiro atoms. The highest BCUT2D eigenvalue weighted by molar-refractivity contribution is 5.35. The van der Waals surface area contributed by atoms with E-state index in [0.29, 0.717) is 6.61 Å². The van der Waals surface area contributed by atoms with Gasteiger partial charge >= 0.3 is 0 Å². The van der Waals surface area contributed by atoms with Crippen molar-refractivity contribution in [3.05, 3.63) is 48.0 Å². The molecular formula is C15H21N3O. The number of benzene rings is 1. The first kappa shape index (κ1) is 13.6. The predicted octanol–water partition coefficient (Wildman–Crippen LogP) is 2.68. The summed E-state index contributed by atoms with van der Waals surface area (Å²) in [5.41, 5.74) is 7.17. The molecule has 2 aromatic rings. The Balaban J connectivity index is 1.98. The third-order valence-corrected chi connectivity index (χ3v) is 3.27. The van der Waals surface area contributed by atoms with Crippen LogP contribution in [0.2, 0.25) is 0 Å². The SMILES string of the molecule is CC[C@H](N)c1ccccc1OCCn1ccnc1C. The average Bonchev–Trinajstić information content (AvgIpc) is 2.84.